The van der Waals surface area contributed by atoms with Crippen molar-refractivity contribution in [2.75, 3.05) is 0 Å². The largest absolute Gasteiger partial charge is 0.481 e. The molecule has 0 heterocycles. The Hall–Kier alpha value is -1.32. The number of allylic oxidation sites excluding steroid dienone is 1. The van der Waals surface area contributed by atoms with Crippen molar-refractivity contribution < 1.29 is 19.4 Å². The molecule has 0 aliphatic heterocycles. The highest BCUT2D eigenvalue weighted by Crippen LogP contribution is 2.28. The Morgan fingerprint density at radius 1 is 1.32 bits per heavy atom. The highest BCUT2D eigenvalue weighted by Gasteiger charge is 2.33. The minimum atomic E-state index is -0.952. The predicted molar refractivity (Wildman–Crippen MR) is 74.7 cm³/mol. The molecule has 0 aliphatic carbocycles. The maximum Gasteiger partial charge on any atom is 0.307 e. The smallest absolute Gasteiger partial charge is 0.307 e. The number of rotatable bonds is 7. The standard InChI is InChI=1S/C15H26O4/c1-7-8-11(10(2)3)12(14(17)18)9-13(16)19-15(4,5)6/h7,10-12H,1,8-9H2,2-6H3,(H,17,18)/t11-,12+/m1/s1. The second-order valence-corrected chi connectivity index (χ2v) is 6.17. The van der Waals surface area contributed by atoms with Crippen molar-refractivity contribution in [3.63, 3.8) is 0 Å². The number of carboxylic acid groups (broad SMARTS) is 1. The van der Waals surface area contributed by atoms with Gasteiger partial charge in [-0.05, 0) is 39.0 Å². The Kier molecular flexibility index (Phi) is 6.81. The maximum atomic E-state index is 11.8. The second-order valence-electron chi connectivity index (χ2n) is 6.17. The minimum Gasteiger partial charge on any atom is -0.481 e. The van der Waals surface area contributed by atoms with Gasteiger partial charge >= 0.3 is 11.9 Å². The van der Waals surface area contributed by atoms with Gasteiger partial charge in [-0.1, -0.05) is 19.9 Å². The molecule has 110 valence electrons. The number of hydrogen-bond donors (Lipinski definition) is 1. The van der Waals surface area contributed by atoms with Crippen LogP contribution in [-0.2, 0) is 14.3 Å². The van der Waals surface area contributed by atoms with Crippen molar-refractivity contribution in [1.29, 1.82) is 0 Å². The molecule has 0 bridgehead atoms. The Morgan fingerprint density at radius 3 is 2.16 bits per heavy atom. The van der Waals surface area contributed by atoms with Crippen molar-refractivity contribution >= 4 is 11.9 Å². The van der Waals surface area contributed by atoms with Crippen LogP contribution >= 0.6 is 0 Å². The normalized spacial score (nSPS) is 14.8. The molecule has 0 aromatic heterocycles. The van der Waals surface area contributed by atoms with Crippen LogP contribution in [0.5, 0.6) is 0 Å². The van der Waals surface area contributed by atoms with E-state index in [4.69, 9.17) is 4.74 Å². The van der Waals surface area contributed by atoms with Gasteiger partial charge in [-0.25, -0.2) is 0 Å². The molecule has 0 rings (SSSR count). The minimum absolute atomic E-state index is 0.0940. The molecule has 4 heteroatoms. The van der Waals surface area contributed by atoms with Gasteiger partial charge in [0, 0.05) is 0 Å². The molecular weight excluding hydrogens is 244 g/mol. The van der Waals surface area contributed by atoms with E-state index in [1.807, 2.05) is 13.8 Å². The molecule has 0 unspecified atom stereocenters. The van der Waals surface area contributed by atoms with E-state index in [0.717, 1.165) is 0 Å². The summed E-state index contributed by atoms with van der Waals surface area (Å²) in [5.74, 6) is -2.09. The van der Waals surface area contributed by atoms with E-state index in [2.05, 4.69) is 6.58 Å². The van der Waals surface area contributed by atoms with Gasteiger partial charge in [0.1, 0.15) is 5.60 Å². The summed E-state index contributed by atoms with van der Waals surface area (Å²) in [6.07, 6.45) is 2.19. The van der Waals surface area contributed by atoms with Crippen LogP contribution in [0.15, 0.2) is 12.7 Å². The average molecular weight is 270 g/mol. The molecular formula is C15H26O4. The van der Waals surface area contributed by atoms with E-state index in [1.165, 1.54) is 0 Å². The predicted octanol–water partition coefficient (Wildman–Crippen LogP) is 3.27. The summed E-state index contributed by atoms with van der Waals surface area (Å²) >= 11 is 0. The fourth-order valence-electron chi connectivity index (χ4n) is 2.08. The molecule has 0 amide bonds. The Morgan fingerprint density at radius 2 is 1.84 bits per heavy atom. The van der Waals surface area contributed by atoms with E-state index in [1.54, 1.807) is 26.8 Å². The molecule has 0 radical (unpaired) electrons. The lowest BCUT2D eigenvalue weighted by atomic mass is 9.79. The van der Waals surface area contributed by atoms with Crippen LogP contribution < -0.4 is 0 Å². The van der Waals surface area contributed by atoms with E-state index in [0.29, 0.717) is 6.42 Å². The highest BCUT2D eigenvalue weighted by molar-refractivity contribution is 5.79. The number of ether oxygens (including phenoxy) is 1. The quantitative estimate of drug-likeness (QED) is 0.569. The van der Waals surface area contributed by atoms with Gasteiger partial charge in [-0.15, -0.1) is 6.58 Å². The van der Waals surface area contributed by atoms with Crippen molar-refractivity contribution in [2.24, 2.45) is 17.8 Å². The third-order valence-electron chi connectivity index (χ3n) is 2.94. The SMILES string of the molecule is C=CC[C@H](C(C)C)[C@H](CC(=O)OC(C)(C)C)C(=O)O. The first-order valence-corrected chi connectivity index (χ1v) is 6.64. The molecule has 1 N–H and O–H groups in total. The van der Waals surface area contributed by atoms with Crippen LogP contribution in [-0.4, -0.2) is 22.6 Å². The molecule has 0 saturated carbocycles. The number of esters is 1. The van der Waals surface area contributed by atoms with Gasteiger partial charge in [0.05, 0.1) is 12.3 Å². The summed E-state index contributed by atoms with van der Waals surface area (Å²) in [4.78, 5) is 23.2. The fourth-order valence-corrected chi connectivity index (χ4v) is 2.08. The molecule has 0 aromatic carbocycles. The van der Waals surface area contributed by atoms with Gasteiger partial charge in [-0.2, -0.15) is 0 Å². The number of carbonyl (C=O) groups is 2. The summed E-state index contributed by atoms with van der Waals surface area (Å²) in [7, 11) is 0. The number of carbonyl (C=O) groups excluding carboxylic acids is 1. The van der Waals surface area contributed by atoms with Crippen molar-refractivity contribution in [3.8, 4) is 0 Å². The molecule has 0 aromatic rings. The molecule has 0 aliphatic rings. The first-order chi connectivity index (χ1) is 8.58. The lowest BCUT2D eigenvalue weighted by Gasteiger charge is -2.27. The first-order valence-electron chi connectivity index (χ1n) is 6.64. The van der Waals surface area contributed by atoms with E-state index in [-0.39, 0.29) is 18.3 Å². The Balaban J connectivity index is 4.86. The third-order valence-corrected chi connectivity index (χ3v) is 2.94. The number of aliphatic carboxylic acids is 1. The average Bonchev–Trinajstić information content (AvgIpc) is 2.19. The molecule has 19 heavy (non-hydrogen) atoms. The maximum absolute atomic E-state index is 11.8. The molecule has 0 saturated heterocycles. The zero-order valence-corrected chi connectivity index (χ0v) is 12.6. The van der Waals surface area contributed by atoms with Crippen LogP contribution in [0.2, 0.25) is 0 Å². The monoisotopic (exact) mass is 270 g/mol. The van der Waals surface area contributed by atoms with Crippen LogP contribution in [0.4, 0.5) is 0 Å². The van der Waals surface area contributed by atoms with Gasteiger partial charge in [0.2, 0.25) is 0 Å². The zero-order chi connectivity index (χ0) is 15.2. The van der Waals surface area contributed by atoms with E-state index >= 15 is 0 Å². The van der Waals surface area contributed by atoms with Crippen molar-refractivity contribution in [1.82, 2.24) is 0 Å². The van der Waals surface area contributed by atoms with Crippen LogP contribution in [0, 0.1) is 17.8 Å². The first kappa shape index (κ1) is 17.7. The molecule has 2 atom stereocenters. The second kappa shape index (κ2) is 7.31. The molecule has 0 fully saturated rings. The van der Waals surface area contributed by atoms with Gasteiger partial charge in [0.25, 0.3) is 0 Å². The van der Waals surface area contributed by atoms with Crippen LogP contribution in [0.1, 0.15) is 47.5 Å². The Bertz CT molecular complexity index is 326. The highest BCUT2D eigenvalue weighted by atomic mass is 16.6. The lowest BCUT2D eigenvalue weighted by molar-refractivity contribution is -0.161. The van der Waals surface area contributed by atoms with Crippen molar-refractivity contribution in [2.45, 2.75) is 53.1 Å². The topological polar surface area (TPSA) is 63.6 Å². The van der Waals surface area contributed by atoms with Crippen molar-refractivity contribution in [3.05, 3.63) is 12.7 Å². The molecule has 0 spiro atoms. The number of hydrogen-bond acceptors (Lipinski definition) is 3. The van der Waals surface area contributed by atoms with Crippen LogP contribution in [0.25, 0.3) is 0 Å². The van der Waals surface area contributed by atoms with Gasteiger partial charge in [0.15, 0.2) is 0 Å². The summed E-state index contributed by atoms with van der Waals surface area (Å²) in [6.45, 7) is 12.9. The molecule has 4 nitrogen and oxygen atoms in total. The van der Waals surface area contributed by atoms with Gasteiger partial charge < -0.3 is 9.84 Å². The zero-order valence-electron chi connectivity index (χ0n) is 12.6. The van der Waals surface area contributed by atoms with E-state index in [9.17, 15) is 14.7 Å². The fraction of sp³-hybridized carbons (Fsp3) is 0.733. The summed E-state index contributed by atoms with van der Waals surface area (Å²) in [6, 6.07) is 0. The summed E-state index contributed by atoms with van der Waals surface area (Å²) in [5, 5.41) is 9.32. The third kappa shape index (κ3) is 6.99. The van der Waals surface area contributed by atoms with E-state index < -0.39 is 23.5 Å². The lowest BCUT2D eigenvalue weighted by Crippen LogP contribution is -2.32. The number of carboxylic acids is 1. The van der Waals surface area contributed by atoms with Gasteiger partial charge in [-0.3, -0.25) is 9.59 Å². The summed E-state index contributed by atoms with van der Waals surface area (Å²) < 4.78 is 5.20. The van der Waals surface area contributed by atoms with Crippen LogP contribution in [0.3, 0.4) is 0 Å². The Labute approximate surface area is 115 Å². The summed E-state index contributed by atoms with van der Waals surface area (Å²) in [5.41, 5.74) is -0.591.